The van der Waals surface area contributed by atoms with Gasteiger partial charge in [-0.05, 0) is 67.6 Å². The van der Waals surface area contributed by atoms with Gasteiger partial charge in [0.1, 0.15) is 5.82 Å². The van der Waals surface area contributed by atoms with E-state index in [1.807, 2.05) is 12.1 Å². The van der Waals surface area contributed by atoms with Gasteiger partial charge < -0.3 is 16.0 Å². The zero-order chi connectivity index (χ0) is 18.4. The molecule has 3 rings (SSSR count). The van der Waals surface area contributed by atoms with Gasteiger partial charge in [-0.25, -0.2) is 9.18 Å². The standard InChI is InChI=1S/C20H23ClFN3O/c21-16-2-1-3-18(12-16)25-20(26)24-13-19-11-15(8-9-23-19)10-14-4-6-17(22)7-5-14/h1-7,12,15,19,23H,8-11,13H2,(H2,24,25,26)/t15-,19-/m1/s1. The molecule has 0 radical (unpaired) electrons. The Hall–Kier alpha value is -2.11. The van der Waals surface area contributed by atoms with E-state index >= 15 is 0 Å². The summed E-state index contributed by atoms with van der Waals surface area (Å²) >= 11 is 5.92. The number of carbonyl (C=O) groups excluding carboxylic acids is 1. The highest BCUT2D eigenvalue weighted by molar-refractivity contribution is 6.30. The van der Waals surface area contributed by atoms with Crippen LogP contribution < -0.4 is 16.0 Å². The van der Waals surface area contributed by atoms with Gasteiger partial charge in [0, 0.05) is 23.3 Å². The molecule has 138 valence electrons. The molecule has 1 aliphatic rings. The van der Waals surface area contributed by atoms with E-state index in [1.165, 1.54) is 12.1 Å². The molecule has 3 N–H and O–H groups in total. The molecule has 1 saturated heterocycles. The number of halogens is 2. The maximum Gasteiger partial charge on any atom is 0.319 e. The fourth-order valence-electron chi connectivity index (χ4n) is 3.35. The van der Waals surface area contributed by atoms with Crippen LogP contribution in [0.25, 0.3) is 0 Å². The normalized spacial score (nSPS) is 19.8. The molecule has 4 nitrogen and oxygen atoms in total. The van der Waals surface area contributed by atoms with Crippen molar-refractivity contribution in [3.63, 3.8) is 0 Å². The Labute approximate surface area is 158 Å². The van der Waals surface area contributed by atoms with Crippen LogP contribution in [0.1, 0.15) is 18.4 Å². The molecule has 26 heavy (non-hydrogen) atoms. The lowest BCUT2D eigenvalue weighted by Crippen LogP contribution is -2.47. The third-order valence-electron chi connectivity index (χ3n) is 4.63. The smallest absolute Gasteiger partial charge is 0.319 e. The summed E-state index contributed by atoms with van der Waals surface area (Å²) in [5, 5.41) is 9.72. The van der Waals surface area contributed by atoms with Crippen molar-refractivity contribution in [2.24, 2.45) is 5.92 Å². The van der Waals surface area contributed by atoms with Gasteiger partial charge in [0.15, 0.2) is 0 Å². The van der Waals surface area contributed by atoms with Crippen molar-refractivity contribution in [3.05, 3.63) is 64.9 Å². The lowest BCUT2D eigenvalue weighted by Gasteiger charge is -2.30. The summed E-state index contributed by atoms with van der Waals surface area (Å²) in [5.41, 5.74) is 1.82. The largest absolute Gasteiger partial charge is 0.336 e. The van der Waals surface area contributed by atoms with E-state index in [0.29, 0.717) is 23.2 Å². The minimum Gasteiger partial charge on any atom is -0.336 e. The lowest BCUT2D eigenvalue weighted by molar-refractivity contribution is 0.246. The molecule has 0 bridgehead atoms. The molecule has 0 unspecified atom stereocenters. The fourth-order valence-corrected chi connectivity index (χ4v) is 3.54. The number of hydrogen-bond acceptors (Lipinski definition) is 2. The highest BCUT2D eigenvalue weighted by Gasteiger charge is 2.22. The molecule has 0 aromatic heterocycles. The van der Waals surface area contributed by atoms with Crippen LogP contribution in [0.3, 0.4) is 0 Å². The van der Waals surface area contributed by atoms with Crippen molar-refractivity contribution in [1.82, 2.24) is 10.6 Å². The maximum absolute atomic E-state index is 13.0. The first-order valence-corrected chi connectivity index (χ1v) is 9.24. The number of rotatable bonds is 5. The molecule has 2 atom stereocenters. The highest BCUT2D eigenvalue weighted by Crippen LogP contribution is 2.21. The van der Waals surface area contributed by atoms with Gasteiger partial charge >= 0.3 is 6.03 Å². The van der Waals surface area contributed by atoms with Crippen molar-refractivity contribution in [2.75, 3.05) is 18.4 Å². The second kappa shape index (κ2) is 9.01. The average Bonchev–Trinajstić information content (AvgIpc) is 2.62. The number of anilines is 1. The van der Waals surface area contributed by atoms with E-state index < -0.39 is 0 Å². The third kappa shape index (κ3) is 5.71. The Morgan fingerprint density at radius 1 is 1.23 bits per heavy atom. The molecule has 2 aromatic carbocycles. The van der Waals surface area contributed by atoms with E-state index in [0.717, 1.165) is 31.4 Å². The first kappa shape index (κ1) is 18.7. The predicted molar refractivity (Wildman–Crippen MR) is 103 cm³/mol. The Kier molecular flexibility index (Phi) is 6.47. The molecule has 0 saturated carbocycles. The summed E-state index contributed by atoms with van der Waals surface area (Å²) in [6, 6.07) is 13.8. The first-order valence-electron chi connectivity index (χ1n) is 8.87. The van der Waals surface area contributed by atoms with Gasteiger partial charge in [0.25, 0.3) is 0 Å². The van der Waals surface area contributed by atoms with Crippen molar-refractivity contribution >= 4 is 23.3 Å². The number of benzene rings is 2. The van der Waals surface area contributed by atoms with Crippen LogP contribution in [0.2, 0.25) is 5.02 Å². The molecule has 2 amide bonds. The molecule has 1 heterocycles. The minimum absolute atomic E-state index is 0.202. The number of amides is 2. The van der Waals surface area contributed by atoms with Gasteiger partial charge in [-0.1, -0.05) is 29.8 Å². The summed E-state index contributed by atoms with van der Waals surface area (Å²) in [6.45, 7) is 1.49. The number of hydrogen-bond donors (Lipinski definition) is 3. The van der Waals surface area contributed by atoms with Gasteiger partial charge in [0.05, 0.1) is 0 Å². The highest BCUT2D eigenvalue weighted by atomic mass is 35.5. The van der Waals surface area contributed by atoms with Gasteiger partial charge in [-0.3, -0.25) is 0 Å². The number of urea groups is 1. The topological polar surface area (TPSA) is 53.2 Å². The second-order valence-corrected chi connectivity index (χ2v) is 7.15. The van der Waals surface area contributed by atoms with Crippen molar-refractivity contribution in [3.8, 4) is 0 Å². The number of carbonyl (C=O) groups is 1. The third-order valence-corrected chi connectivity index (χ3v) is 4.87. The van der Waals surface area contributed by atoms with Gasteiger partial charge in [-0.15, -0.1) is 0 Å². The van der Waals surface area contributed by atoms with Gasteiger partial charge in [-0.2, -0.15) is 0 Å². The van der Waals surface area contributed by atoms with E-state index in [-0.39, 0.29) is 17.9 Å². The predicted octanol–water partition coefficient (Wildman–Crippen LogP) is 4.21. The van der Waals surface area contributed by atoms with Crippen molar-refractivity contribution in [1.29, 1.82) is 0 Å². The van der Waals surface area contributed by atoms with Crippen LogP contribution in [0.4, 0.5) is 14.9 Å². The molecule has 0 aliphatic carbocycles. The minimum atomic E-state index is -0.241. The van der Waals surface area contributed by atoms with Crippen molar-refractivity contribution in [2.45, 2.75) is 25.3 Å². The molecule has 0 spiro atoms. The van der Waals surface area contributed by atoms with Crippen LogP contribution in [-0.2, 0) is 6.42 Å². The monoisotopic (exact) mass is 375 g/mol. The van der Waals surface area contributed by atoms with Crippen LogP contribution in [-0.4, -0.2) is 25.2 Å². The summed E-state index contributed by atoms with van der Waals surface area (Å²) in [7, 11) is 0. The molecule has 1 fully saturated rings. The Morgan fingerprint density at radius 3 is 2.81 bits per heavy atom. The van der Waals surface area contributed by atoms with Crippen LogP contribution >= 0.6 is 11.6 Å². The molecular formula is C20H23ClFN3O. The summed E-state index contributed by atoms with van der Waals surface area (Å²) in [5.74, 6) is 0.330. The Morgan fingerprint density at radius 2 is 2.04 bits per heavy atom. The summed E-state index contributed by atoms with van der Waals surface area (Å²) in [4.78, 5) is 12.0. The quantitative estimate of drug-likeness (QED) is 0.733. The first-order chi connectivity index (χ1) is 12.6. The summed E-state index contributed by atoms with van der Waals surface area (Å²) in [6.07, 6.45) is 3.00. The van der Waals surface area contributed by atoms with Crippen molar-refractivity contribution < 1.29 is 9.18 Å². The van der Waals surface area contributed by atoms with Gasteiger partial charge in [0.2, 0.25) is 0 Å². The maximum atomic E-state index is 13.0. The van der Waals surface area contributed by atoms with E-state index in [2.05, 4.69) is 16.0 Å². The molecule has 6 heteroatoms. The van der Waals surface area contributed by atoms with E-state index in [4.69, 9.17) is 11.6 Å². The van der Waals surface area contributed by atoms with E-state index in [1.54, 1.807) is 24.3 Å². The molecule has 1 aliphatic heterocycles. The SMILES string of the molecule is O=C(NC[C@H]1C[C@@H](Cc2ccc(F)cc2)CCN1)Nc1cccc(Cl)c1. The van der Waals surface area contributed by atoms with Crippen LogP contribution in [0.5, 0.6) is 0 Å². The zero-order valence-electron chi connectivity index (χ0n) is 14.5. The number of nitrogens with one attached hydrogen (secondary N) is 3. The lowest BCUT2D eigenvalue weighted by atomic mass is 9.87. The summed E-state index contributed by atoms with van der Waals surface area (Å²) < 4.78 is 13.0. The Bertz CT molecular complexity index is 738. The zero-order valence-corrected chi connectivity index (χ0v) is 15.2. The number of piperidine rings is 1. The van der Waals surface area contributed by atoms with Crippen LogP contribution in [0, 0.1) is 11.7 Å². The molecular weight excluding hydrogens is 353 g/mol. The second-order valence-electron chi connectivity index (χ2n) is 6.72. The van der Waals surface area contributed by atoms with Crippen LogP contribution in [0.15, 0.2) is 48.5 Å². The fraction of sp³-hybridized carbons (Fsp3) is 0.350. The molecule has 2 aromatic rings. The average molecular weight is 376 g/mol. The van der Waals surface area contributed by atoms with E-state index in [9.17, 15) is 9.18 Å². The Balaban J connectivity index is 1.44.